The number of para-hydroxylation sites is 1. The van der Waals surface area contributed by atoms with Crippen molar-refractivity contribution >= 4 is 33.1 Å². The second kappa shape index (κ2) is 8.17. The first kappa shape index (κ1) is 18.5. The predicted molar refractivity (Wildman–Crippen MR) is 90.5 cm³/mol. The molecule has 0 saturated heterocycles. The molecule has 0 saturated carbocycles. The lowest BCUT2D eigenvalue weighted by Crippen LogP contribution is -2.33. The van der Waals surface area contributed by atoms with Gasteiger partial charge in [-0.05, 0) is 25.0 Å². The minimum Gasteiger partial charge on any atom is -0.403 e. The third kappa shape index (κ3) is 4.72. The summed E-state index contributed by atoms with van der Waals surface area (Å²) in [6.07, 6.45) is 2.50. The summed E-state index contributed by atoms with van der Waals surface area (Å²) in [5, 5.41) is 0.0557. The Morgan fingerprint density at radius 2 is 1.95 bits per heavy atom. The SMILES string of the molecule is CCC(CC)NS(=O)(=O)c1ccccc1N=C(N)C(Cl)=CN. The summed E-state index contributed by atoms with van der Waals surface area (Å²) in [5.74, 6) is -0.0469. The van der Waals surface area contributed by atoms with Gasteiger partial charge in [-0.25, -0.2) is 18.1 Å². The van der Waals surface area contributed by atoms with Gasteiger partial charge in [-0.15, -0.1) is 0 Å². The standard InChI is InChI=1S/C14H21ClN4O2S/c1-3-10(4-2)19-22(20,21)13-8-6-5-7-12(13)18-14(17)11(15)9-16/h5-10,19H,3-4,16H2,1-2H3,(H2,17,18). The van der Waals surface area contributed by atoms with E-state index in [1.807, 2.05) is 13.8 Å². The first-order chi connectivity index (χ1) is 10.4. The van der Waals surface area contributed by atoms with Crippen LogP contribution in [-0.4, -0.2) is 20.3 Å². The van der Waals surface area contributed by atoms with E-state index in [0.29, 0.717) is 12.8 Å². The lowest BCUT2D eigenvalue weighted by atomic mass is 10.2. The molecule has 0 atom stereocenters. The first-order valence-electron chi connectivity index (χ1n) is 6.89. The molecule has 0 amide bonds. The number of nitrogens with two attached hydrogens (primary N) is 2. The Balaban J connectivity index is 3.27. The maximum Gasteiger partial charge on any atom is 0.242 e. The molecule has 1 rings (SSSR count). The molecule has 122 valence electrons. The molecule has 0 fully saturated rings. The molecular formula is C14H21ClN4O2S. The Morgan fingerprint density at radius 3 is 2.50 bits per heavy atom. The monoisotopic (exact) mass is 344 g/mol. The van der Waals surface area contributed by atoms with Crippen molar-refractivity contribution in [1.29, 1.82) is 0 Å². The molecule has 0 aliphatic rings. The van der Waals surface area contributed by atoms with Gasteiger partial charge < -0.3 is 11.5 Å². The van der Waals surface area contributed by atoms with Crippen LogP contribution in [0.25, 0.3) is 0 Å². The number of amidine groups is 1. The third-order valence-electron chi connectivity index (χ3n) is 3.09. The van der Waals surface area contributed by atoms with E-state index in [2.05, 4.69) is 9.71 Å². The van der Waals surface area contributed by atoms with Crippen LogP contribution >= 0.6 is 11.6 Å². The molecule has 0 radical (unpaired) electrons. The summed E-state index contributed by atoms with van der Waals surface area (Å²) in [6, 6.07) is 6.18. The molecule has 0 bridgehead atoms. The quantitative estimate of drug-likeness (QED) is 0.520. The molecule has 0 unspecified atom stereocenters. The van der Waals surface area contributed by atoms with Crippen molar-refractivity contribution in [1.82, 2.24) is 4.72 Å². The van der Waals surface area contributed by atoms with Crippen molar-refractivity contribution in [3.8, 4) is 0 Å². The van der Waals surface area contributed by atoms with Gasteiger partial charge in [-0.3, -0.25) is 0 Å². The van der Waals surface area contributed by atoms with Crippen LogP contribution in [0.15, 0.2) is 45.4 Å². The zero-order valence-electron chi connectivity index (χ0n) is 12.6. The van der Waals surface area contributed by atoms with Gasteiger partial charge in [0.15, 0.2) is 0 Å². The lowest BCUT2D eigenvalue weighted by Gasteiger charge is -2.16. The maximum atomic E-state index is 12.5. The smallest absolute Gasteiger partial charge is 0.242 e. The van der Waals surface area contributed by atoms with E-state index in [9.17, 15) is 8.42 Å². The Bertz CT molecular complexity index is 667. The van der Waals surface area contributed by atoms with Crippen molar-refractivity contribution in [2.24, 2.45) is 16.5 Å². The van der Waals surface area contributed by atoms with Crippen molar-refractivity contribution in [2.75, 3.05) is 0 Å². The highest BCUT2D eigenvalue weighted by Gasteiger charge is 2.21. The minimum absolute atomic E-state index is 0.0469. The summed E-state index contributed by atoms with van der Waals surface area (Å²) in [7, 11) is -3.70. The van der Waals surface area contributed by atoms with E-state index in [-0.39, 0.29) is 27.5 Å². The minimum atomic E-state index is -3.70. The maximum absolute atomic E-state index is 12.5. The van der Waals surface area contributed by atoms with Gasteiger partial charge in [-0.2, -0.15) is 0 Å². The molecule has 0 spiro atoms. The highest BCUT2D eigenvalue weighted by atomic mass is 35.5. The van der Waals surface area contributed by atoms with Crippen molar-refractivity contribution < 1.29 is 8.42 Å². The zero-order chi connectivity index (χ0) is 16.8. The Morgan fingerprint density at radius 1 is 1.36 bits per heavy atom. The van der Waals surface area contributed by atoms with Crippen LogP contribution in [0, 0.1) is 0 Å². The van der Waals surface area contributed by atoms with Crippen LogP contribution in [0.4, 0.5) is 5.69 Å². The topological polar surface area (TPSA) is 111 Å². The third-order valence-corrected chi connectivity index (χ3v) is 4.98. The van der Waals surface area contributed by atoms with Gasteiger partial charge in [0.1, 0.15) is 10.7 Å². The summed E-state index contributed by atoms with van der Waals surface area (Å²) < 4.78 is 27.7. The van der Waals surface area contributed by atoms with Crippen molar-refractivity contribution in [3.63, 3.8) is 0 Å². The fraction of sp³-hybridized carbons (Fsp3) is 0.357. The van der Waals surface area contributed by atoms with Gasteiger partial charge in [0.05, 0.1) is 10.7 Å². The highest BCUT2D eigenvalue weighted by Crippen LogP contribution is 2.25. The average Bonchev–Trinajstić information content (AvgIpc) is 2.52. The molecule has 6 nitrogen and oxygen atoms in total. The number of hydrogen-bond donors (Lipinski definition) is 3. The summed E-state index contributed by atoms with van der Waals surface area (Å²) in [4.78, 5) is 4.10. The van der Waals surface area contributed by atoms with Gasteiger partial charge in [0.25, 0.3) is 0 Å². The van der Waals surface area contributed by atoms with Crippen LogP contribution in [0.3, 0.4) is 0 Å². The van der Waals surface area contributed by atoms with Crippen LogP contribution < -0.4 is 16.2 Å². The number of nitrogens with one attached hydrogen (secondary N) is 1. The lowest BCUT2D eigenvalue weighted by molar-refractivity contribution is 0.530. The number of nitrogens with zero attached hydrogens (tertiary/aromatic N) is 1. The molecule has 1 aromatic rings. The molecule has 0 heterocycles. The Kier molecular flexibility index (Phi) is 6.86. The number of benzene rings is 1. The van der Waals surface area contributed by atoms with Gasteiger partial charge in [0, 0.05) is 12.2 Å². The van der Waals surface area contributed by atoms with Gasteiger partial charge in [-0.1, -0.05) is 37.6 Å². The molecule has 8 heteroatoms. The second-order valence-corrected chi connectivity index (χ2v) is 6.70. The molecule has 1 aromatic carbocycles. The molecule has 0 aliphatic carbocycles. The van der Waals surface area contributed by atoms with E-state index < -0.39 is 10.0 Å². The molecule has 5 N–H and O–H groups in total. The van der Waals surface area contributed by atoms with Crippen molar-refractivity contribution in [2.45, 2.75) is 37.6 Å². The molecule has 0 aromatic heterocycles. The number of sulfonamides is 1. The Labute approximate surface area is 136 Å². The average molecular weight is 345 g/mol. The number of aliphatic imine (C=N–C) groups is 1. The zero-order valence-corrected chi connectivity index (χ0v) is 14.2. The van der Waals surface area contributed by atoms with Gasteiger partial charge in [0.2, 0.25) is 10.0 Å². The second-order valence-electron chi connectivity index (χ2n) is 4.61. The predicted octanol–water partition coefficient (Wildman–Crippen LogP) is 2.18. The first-order valence-corrected chi connectivity index (χ1v) is 8.75. The van der Waals surface area contributed by atoms with Crippen LogP contribution in [0.2, 0.25) is 0 Å². The number of hydrogen-bond acceptors (Lipinski definition) is 4. The van der Waals surface area contributed by atoms with Crippen LogP contribution in [-0.2, 0) is 10.0 Å². The highest BCUT2D eigenvalue weighted by molar-refractivity contribution is 7.89. The number of halogens is 1. The Hall–Kier alpha value is -1.57. The van der Waals surface area contributed by atoms with Crippen LogP contribution in [0.5, 0.6) is 0 Å². The van der Waals surface area contributed by atoms with E-state index in [0.717, 1.165) is 6.20 Å². The van der Waals surface area contributed by atoms with Crippen LogP contribution in [0.1, 0.15) is 26.7 Å². The van der Waals surface area contributed by atoms with Gasteiger partial charge >= 0.3 is 0 Å². The summed E-state index contributed by atoms with van der Waals surface area (Å²) in [6.45, 7) is 3.84. The van der Waals surface area contributed by atoms with E-state index in [1.54, 1.807) is 18.2 Å². The molecular weight excluding hydrogens is 324 g/mol. The molecule has 22 heavy (non-hydrogen) atoms. The van der Waals surface area contributed by atoms with E-state index in [4.69, 9.17) is 23.1 Å². The summed E-state index contributed by atoms with van der Waals surface area (Å²) in [5.41, 5.74) is 11.2. The van der Waals surface area contributed by atoms with E-state index >= 15 is 0 Å². The van der Waals surface area contributed by atoms with Crippen molar-refractivity contribution in [3.05, 3.63) is 35.5 Å². The number of rotatable bonds is 7. The fourth-order valence-corrected chi connectivity index (χ4v) is 3.37. The molecule has 0 aliphatic heterocycles. The fourth-order valence-electron chi connectivity index (χ4n) is 1.78. The summed E-state index contributed by atoms with van der Waals surface area (Å²) >= 11 is 5.78. The normalized spacial score (nSPS) is 13.6. The van der Waals surface area contributed by atoms with E-state index in [1.165, 1.54) is 6.07 Å². The largest absolute Gasteiger partial charge is 0.403 e.